The minimum absolute atomic E-state index is 0.0179. The van der Waals surface area contributed by atoms with E-state index in [1.54, 1.807) is 38.1 Å². The maximum Gasteiger partial charge on any atom is 0.154 e. The number of hydrogen-bond acceptors (Lipinski definition) is 9. The number of nitrogens with one attached hydrogen (secondary N) is 1. The largest absolute Gasteiger partial charge is 0.487 e. The zero-order chi connectivity index (χ0) is 30.4. The van der Waals surface area contributed by atoms with E-state index in [1.807, 2.05) is 29.6 Å². The first-order chi connectivity index (χ1) is 20.7. The average Bonchev–Trinajstić information content (AvgIpc) is 3.45. The molecule has 0 bridgehead atoms. The Hall–Kier alpha value is -3.64. The van der Waals surface area contributed by atoms with Crippen molar-refractivity contribution >= 4 is 55.2 Å². The van der Waals surface area contributed by atoms with Crippen molar-refractivity contribution in [1.29, 1.82) is 0 Å². The quantitative estimate of drug-likeness (QED) is 0.134. The molecule has 0 unspecified atom stereocenters. The highest BCUT2D eigenvalue weighted by molar-refractivity contribution is 7.92. The number of thiazole rings is 1. The number of rotatable bonds is 13. The van der Waals surface area contributed by atoms with Crippen molar-refractivity contribution in [1.82, 2.24) is 15.0 Å². The molecule has 0 saturated carbocycles. The highest BCUT2D eigenvalue weighted by Gasteiger charge is 2.16. The zero-order valence-corrected chi connectivity index (χ0v) is 26.0. The van der Waals surface area contributed by atoms with Crippen molar-refractivity contribution in [3.63, 3.8) is 0 Å². The van der Waals surface area contributed by atoms with Crippen molar-refractivity contribution in [2.24, 2.45) is 0 Å². The van der Waals surface area contributed by atoms with E-state index >= 15 is 0 Å². The molecule has 8 nitrogen and oxygen atoms in total. The second-order valence-corrected chi connectivity index (χ2v) is 14.1. The lowest BCUT2D eigenvalue weighted by molar-refractivity contribution is 0.152. The summed E-state index contributed by atoms with van der Waals surface area (Å²) in [7, 11) is -3.11. The summed E-state index contributed by atoms with van der Waals surface area (Å²) in [5.41, 5.74) is 3.92. The number of nitrogens with zero attached hydrogens (tertiary/aromatic N) is 3. The van der Waals surface area contributed by atoms with Gasteiger partial charge in [0.15, 0.2) is 9.84 Å². The summed E-state index contributed by atoms with van der Waals surface area (Å²) in [6, 6.07) is 17.4. The van der Waals surface area contributed by atoms with Crippen LogP contribution in [0.5, 0.6) is 5.75 Å². The zero-order valence-electron chi connectivity index (χ0n) is 23.6. The summed E-state index contributed by atoms with van der Waals surface area (Å²) in [6.45, 7) is 4.11. The van der Waals surface area contributed by atoms with E-state index in [2.05, 4.69) is 15.3 Å². The topological polar surface area (TPSA) is 103 Å². The Balaban J connectivity index is 1.24. The summed E-state index contributed by atoms with van der Waals surface area (Å²) in [4.78, 5) is 13.6. The standard InChI is InChI=1S/C31H30ClFN4O4S2/c1-20(2)43(38,39)13-12-40-11-10-30-37-28(18-42-30)22-6-8-27-25(15-22)31(35-19-34-27)36-24-7-9-29(26(32)16-24)41-17-21-4-3-5-23(33)14-21/h3-9,14-16,18-20H,10-13,17H2,1-2H3,(H,34,35,36). The van der Waals surface area contributed by atoms with E-state index < -0.39 is 15.1 Å². The number of hydrogen-bond donors (Lipinski definition) is 1. The number of anilines is 2. The van der Waals surface area contributed by atoms with Gasteiger partial charge in [-0.2, -0.15) is 0 Å². The van der Waals surface area contributed by atoms with Crippen LogP contribution in [0.3, 0.4) is 0 Å². The van der Waals surface area contributed by atoms with Gasteiger partial charge in [0.05, 0.1) is 45.5 Å². The van der Waals surface area contributed by atoms with E-state index in [0.29, 0.717) is 40.9 Å². The molecule has 0 saturated heterocycles. The van der Waals surface area contributed by atoms with Crippen LogP contribution in [0.1, 0.15) is 24.4 Å². The molecule has 2 heterocycles. The van der Waals surface area contributed by atoms with Gasteiger partial charge in [-0.3, -0.25) is 0 Å². The molecule has 2 aromatic heterocycles. The van der Waals surface area contributed by atoms with Gasteiger partial charge in [-0.15, -0.1) is 11.3 Å². The number of ether oxygens (including phenoxy) is 2. The predicted molar refractivity (Wildman–Crippen MR) is 170 cm³/mol. The number of benzene rings is 3. The molecule has 3 aromatic carbocycles. The lowest BCUT2D eigenvalue weighted by atomic mass is 10.1. The van der Waals surface area contributed by atoms with Gasteiger partial charge in [0, 0.05) is 28.4 Å². The van der Waals surface area contributed by atoms with E-state index in [0.717, 1.165) is 27.2 Å². The van der Waals surface area contributed by atoms with Gasteiger partial charge in [0.25, 0.3) is 0 Å². The van der Waals surface area contributed by atoms with Crippen molar-refractivity contribution in [3.8, 4) is 17.0 Å². The predicted octanol–water partition coefficient (Wildman–Crippen LogP) is 7.25. The molecule has 0 aliphatic carbocycles. The van der Waals surface area contributed by atoms with Crippen LogP contribution in [0.15, 0.2) is 72.4 Å². The van der Waals surface area contributed by atoms with Crippen LogP contribution in [-0.2, 0) is 27.6 Å². The van der Waals surface area contributed by atoms with Gasteiger partial charge < -0.3 is 14.8 Å². The van der Waals surface area contributed by atoms with E-state index in [1.165, 1.54) is 29.8 Å². The normalized spacial score (nSPS) is 11.7. The monoisotopic (exact) mass is 640 g/mol. The minimum Gasteiger partial charge on any atom is -0.487 e. The van der Waals surface area contributed by atoms with Gasteiger partial charge >= 0.3 is 0 Å². The fraction of sp³-hybridized carbons (Fsp3) is 0.258. The fourth-order valence-corrected chi connectivity index (χ4v) is 6.01. The third-order valence-electron chi connectivity index (χ3n) is 6.65. The molecule has 0 fully saturated rings. The summed E-state index contributed by atoms with van der Waals surface area (Å²) >= 11 is 8.02. The van der Waals surface area contributed by atoms with Crippen molar-refractivity contribution < 1.29 is 22.3 Å². The van der Waals surface area contributed by atoms with Crippen LogP contribution in [0, 0.1) is 5.82 Å². The third-order valence-corrected chi connectivity index (χ3v) is 10.0. The summed E-state index contributed by atoms with van der Waals surface area (Å²) in [5.74, 6) is 0.790. The summed E-state index contributed by atoms with van der Waals surface area (Å²) < 4.78 is 48.7. The van der Waals surface area contributed by atoms with E-state index in [-0.39, 0.29) is 24.8 Å². The van der Waals surface area contributed by atoms with E-state index in [9.17, 15) is 12.8 Å². The van der Waals surface area contributed by atoms with Crippen LogP contribution in [0.4, 0.5) is 15.9 Å². The third kappa shape index (κ3) is 8.05. The molecule has 0 radical (unpaired) electrons. The maximum atomic E-state index is 13.5. The molecule has 0 aliphatic heterocycles. The van der Waals surface area contributed by atoms with Crippen molar-refractivity contribution in [2.75, 3.05) is 24.3 Å². The summed E-state index contributed by atoms with van der Waals surface area (Å²) in [6.07, 6.45) is 2.09. The molecule has 0 amide bonds. The van der Waals surface area contributed by atoms with Gasteiger partial charge in [0.1, 0.15) is 30.3 Å². The Morgan fingerprint density at radius 2 is 1.91 bits per heavy atom. The van der Waals surface area contributed by atoms with Crippen LogP contribution < -0.4 is 10.1 Å². The molecular weight excluding hydrogens is 611 g/mol. The Bertz CT molecular complexity index is 1830. The van der Waals surface area contributed by atoms with Crippen LogP contribution in [0.25, 0.3) is 22.2 Å². The number of halogens is 2. The highest BCUT2D eigenvalue weighted by atomic mass is 35.5. The van der Waals surface area contributed by atoms with Crippen LogP contribution in [0.2, 0.25) is 5.02 Å². The second-order valence-electron chi connectivity index (χ2n) is 10.0. The van der Waals surface area contributed by atoms with Crippen LogP contribution >= 0.6 is 22.9 Å². The Morgan fingerprint density at radius 1 is 1.05 bits per heavy atom. The average molecular weight is 641 g/mol. The summed E-state index contributed by atoms with van der Waals surface area (Å²) in [5, 5.41) is 7.02. The molecule has 0 aliphatic rings. The Labute approximate surface area is 258 Å². The first kappa shape index (κ1) is 30.8. The van der Waals surface area contributed by atoms with E-state index in [4.69, 9.17) is 26.1 Å². The highest BCUT2D eigenvalue weighted by Crippen LogP contribution is 2.32. The first-order valence-electron chi connectivity index (χ1n) is 13.6. The number of sulfone groups is 1. The van der Waals surface area contributed by atoms with Gasteiger partial charge in [-0.05, 0) is 61.9 Å². The Morgan fingerprint density at radius 3 is 2.70 bits per heavy atom. The van der Waals surface area contributed by atoms with Gasteiger partial charge in [-0.1, -0.05) is 29.8 Å². The molecule has 0 atom stereocenters. The van der Waals surface area contributed by atoms with Gasteiger partial charge in [0.2, 0.25) is 0 Å². The molecule has 5 rings (SSSR count). The molecule has 1 N–H and O–H groups in total. The van der Waals surface area contributed by atoms with Crippen molar-refractivity contribution in [2.45, 2.75) is 32.1 Å². The number of fused-ring (bicyclic) bond motifs is 1. The Kier molecular flexibility index (Phi) is 9.86. The first-order valence-corrected chi connectivity index (χ1v) is 16.6. The lowest BCUT2D eigenvalue weighted by Gasteiger charge is -2.12. The molecule has 43 heavy (non-hydrogen) atoms. The second kappa shape index (κ2) is 13.8. The number of aromatic nitrogens is 3. The maximum absolute atomic E-state index is 13.5. The minimum atomic E-state index is -3.11. The molecular formula is C31H30ClFN4O4S2. The molecule has 5 aromatic rings. The molecule has 224 valence electrons. The molecule has 12 heteroatoms. The van der Waals surface area contributed by atoms with Gasteiger partial charge in [-0.25, -0.2) is 27.8 Å². The van der Waals surface area contributed by atoms with Crippen molar-refractivity contribution in [3.05, 3.63) is 93.8 Å². The smallest absolute Gasteiger partial charge is 0.154 e. The van der Waals surface area contributed by atoms with Crippen LogP contribution in [-0.4, -0.2) is 47.6 Å². The lowest BCUT2D eigenvalue weighted by Crippen LogP contribution is -2.21. The fourth-order valence-electron chi connectivity index (χ4n) is 4.17. The SMILES string of the molecule is CC(C)S(=O)(=O)CCOCCc1nc(-c2ccc3ncnc(Nc4ccc(OCc5cccc(F)c5)c(Cl)c4)c3c2)cs1. The molecule has 0 spiro atoms.